The number of benzene rings is 1. The van der Waals surface area contributed by atoms with Crippen LogP contribution in [0.1, 0.15) is 17.0 Å². The van der Waals surface area contributed by atoms with E-state index in [1.54, 1.807) is 16.4 Å². The molecule has 0 saturated carbocycles. The number of aromatic nitrogens is 4. The summed E-state index contributed by atoms with van der Waals surface area (Å²) in [5.41, 5.74) is 3.65. The molecule has 0 spiro atoms. The Labute approximate surface area is 164 Å². The van der Waals surface area contributed by atoms with Crippen LogP contribution in [-0.4, -0.2) is 43.5 Å². The lowest BCUT2D eigenvalue weighted by atomic mass is 10.2. The number of amides is 1. The van der Waals surface area contributed by atoms with Crippen LogP contribution in [0.4, 0.5) is 5.69 Å². The minimum atomic E-state index is -0.245. The van der Waals surface area contributed by atoms with Crippen LogP contribution in [0, 0.1) is 13.8 Å². The number of carbonyl (C=O) groups is 1. The Morgan fingerprint density at radius 1 is 1.14 bits per heavy atom. The molecule has 8 nitrogen and oxygen atoms in total. The largest absolute Gasteiger partial charge is 0.319 e. The highest BCUT2D eigenvalue weighted by atomic mass is 16.2. The highest BCUT2D eigenvalue weighted by Gasteiger charge is 2.19. The van der Waals surface area contributed by atoms with Gasteiger partial charge in [-0.15, -0.1) is 0 Å². The van der Waals surface area contributed by atoms with Gasteiger partial charge < -0.3 is 5.32 Å². The quantitative estimate of drug-likeness (QED) is 0.703. The predicted octanol–water partition coefficient (Wildman–Crippen LogP) is 1.60. The number of hydrogen-bond acceptors (Lipinski definition) is 4. The van der Waals surface area contributed by atoms with Crippen molar-refractivity contribution >= 4 is 11.6 Å². The minimum Gasteiger partial charge on any atom is -0.319 e. The number of aryl methyl sites for hydroxylation is 1. The number of nitrogens with one attached hydrogen (secondary N) is 1. The number of nitrogens with zero attached hydrogens (tertiary/aromatic N) is 5. The first-order chi connectivity index (χ1) is 13.3. The fourth-order valence-corrected chi connectivity index (χ4v) is 3.18. The Balaban J connectivity index is 1.74. The fourth-order valence-electron chi connectivity index (χ4n) is 3.18. The van der Waals surface area contributed by atoms with Crippen molar-refractivity contribution in [1.82, 2.24) is 24.0 Å². The van der Waals surface area contributed by atoms with E-state index in [1.165, 1.54) is 0 Å². The second-order valence-corrected chi connectivity index (χ2v) is 7.04. The number of anilines is 1. The van der Waals surface area contributed by atoms with E-state index in [0.717, 1.165) is 16.9 Å². The van der Waals surface area contributed by atoms with Crippen LogP contribution >= 0.6 is 0 Å². The van der Waals surface area contributed by atoms with Gasteiger partial charge in [-0.05, 0) is 33.0 Å². The average molecular weight is 382 g/mol. The average Bonchev–Trinajstić information content (AvgIpc) is 3.08. The Morgan fingerprint density at radius 3 is 2.43 bits per heavy atom. The van der Waals surface area contributed by atoms with Gasteiger partial charge in [0, 0.05) is 31.9 Å². The molecule has 0 aliphatic rings. The molecule has 1 amide bonds. The number of hydrogen-bond donors (Lipinski definition) is 1. The maximum absolute atomic E-state index is 12.9. The summed E-state index contributed by atoms with van der Waals surface area (Å²) in [5, 5.41) is 7.01. The molecule has 0 unspecified atom stereocenters. The fraction of sp³-hybridized carbons (Fsp3) is 0.350. The minimum absolute atomic E-state index is 0.174. The van der Waals surface area contributed by atoms with E-state index < -0.39 is 0 Å². The maximum atomic E-state index is 12.9. The van der Waals surface area contributed by atoms with Crippen LogP contribution < -0.4 is 10.9 Å². The zero-order chi connectivity index (χ0) is 20.4. The molecule has 28 heavy (non-hydrogen) atoms. The first-order valence-corrected chi connectivity index (χ1v) is 9.09. The maximum Gasteiger partial charge on any atom is 0.295 e. The number of para-hydroxylation sites is 1. The molecule has 0 atom stereocenters. The molecule has 0 radical (unpaired) electrons. The van der Waals surface area contributed by atoms with E-state index in [9.17, 15) is 9.59 Å². The van der Waals surface area contributed by atoms with Crippen LogP contribution in [0.5, 0.6) is 0 Å². The van der Waals surface area contributed by atoms with Crippen LogP contribution in [0.25, 0.3) is 5.69 Å². The molecule has 0 bridgehead atoms. The molecule has 2 aromatic heterocycles. The van der Waals surface area contributed by atoms with E-state index in [4.69, 9.17) is 0 Å². The van der Waals surface area contributed by atoms with Gasteiger partial charge in [0.05, 0.1) is 24.1 Å². The van der Waals surface area contributed by atoms with Gasteiger partial charge in [0.2, 0.25) is 5.91 Å². The van der Waals surface area contributed by atoms with Gasteiger partial charge in [-0.1, -0.05) is 18.2 Å². The van der Waals surface area contributed by atoms with E-state index in [1.807, 2.05) is 74.1 Å². The summed E-state index contributed by atoms with van der Waals surface area (Å²) in [7, 11) is 5.56. The molecule has 0 aliphatic heterocycles. The monoisotopic (exact) mass is 382 g/mol. The number of likely N-dealkylation sites (N-methyl/N-ethyl adjacent to an activating group) is 1. The molecular formula is C20H26N6O2. The number of carbonyl (C=O) groups excluding carboxylic acids is 1. The smallest absolute Gasteiger partial charge is 0.295 e. The molecule has 1 N–H and O–H groups in total. The summed E-state index contributed by atoms with van der Waals surface area (Å²) < 4.78 is 5.10. The van der Waals surface area contributed by atoms with E-state index in [-0.39, 0.29) is 18.0 Å². The third-order valence-electron chi connectivity index (χ3n) is 5.01. The van der Waals surface area contributed by atoms with Gasteiger partial charge in [0.15, 0.2) is 0 Å². The van der Waals surface area contributed by atoms with Crippen molar-refractivity contribution < 1.29 is 4.79 Å². The van der Waals surface area contributed by atoms with Crippen molar-refractivity contribution in [3.63, 3.8) is 0 Å². The van der Waals surface area contributed by atoms with Crippen molar-refractivity contribution in [2.24, 2.45) is 14.1 Å². The Hall–Kier alpha value is -3.13. The first kappa shape index (κ1) is 19.6. The normalized spacial score (nSPS) is 11.2. The lowest BCUT2D eigenvalue weighted by Crippen LogP contribution is -2.31. The van der Waals surface area contributed by atoms with E-state index in [2.05, 4.69) is 10.4 Å². The second-order valence-electron chi connectivity index (χ2n) is 7.04. The molecular weight excluding hydrogens is 356 g/mol. The zero-order valence-electron chi connectivity index (χ0n) is 16.9. The summed E-state index contributed by atoms with van der Waals surface area (Å²) in [6, 6.07) is 9.36. The van der Waals surface area contributed by atoms with Gasteiger partial charge in [-0.2, -0.15) is 5.10 Å². The van der Waals surface area contributed by atoms with Crippen molar-refractivity contribution in [1.29, 1.82) is 0 Å². The summed E-state index contributed by atoms with van der Waals surface area (Å²) >= 11 is 0. The zero-order valence-corrected chi connectivity index (χ0v) is 16.9. The summed E-state index contributed by atoms with van der Waals surface area (Å²) in [6.07, 6.45) is 1.81. The van der Waals surface area contributed by atoms with E-state index in [0.29, 0.717) is 17.9 Å². The molecule has 3 aromatic rings. The van der Waals surface area contributed by atoms with Gasteiger partial charge >= 0.3 is 0 Å². The molecule has 2 heterocycles. The third kappa shape index (κ3) is 3.77. The Morgan fingerprint density at radius 2 is 1.82 bits per heavy atom. The second kappa shape index (κ2) is 7.85. The molecule has 3 rings (SSSR count). The summed E-state index contributed by atoms with van der Waals surface area (Å²) in [6.45, 7) is 4.59. The summed E-state index contributed by atoms with van der Waals surface area (Å²) in [5.74, 6) is -0.227. The van der Waals surface area contributed by atoms with Crippen molar-refractivity contribution in [2.45, 2.75) is 20.4 Å². The topological polar surface area (TPSA) is 77.1 Å². The van der Waals surface area contributed by atoms with Gasteiger partial charge in [-0.3, -0.25) is 23.9 Å². The molecule has 148 valence electrons. The highest BCUT2D eigenvalue weighted by molar-refractivity contribution is 5.92. The van der Waals surface area contributed by atoms with Crippen LogP contribution in [0.2, 0.25) is 0 Å². The molecule has 0 saturated heterocycles. The Bertz CT molecular complexity index is 1040. The van der Waals surface area contributed by atoms with Crippen molar-refractivity contribution in [3.8, 4) is 5.69 Å². The van der Waals surface area contributed by atoms with E-state index >= 15 is 0 Å². The SMILES string of the molecule is Cc1c(CN(C)CC(=O)Nc2c(C)n(C)n(-c3ccccc3)c2=O)cnn1C. The number of rotatable bonds is 6. The molecule has 8 heteroatoms. The lowest BCUT2D eigenvalue weighted by molar-refractivity contribution is -0.117. The highest BCUT2D eigenvalue weighted by Crippen LogP contribution is 2.14. The third-order valence-corrected chi connectivity index (χ3v) is 5.01. The lowest BCUT2D eigenvalue weighted by Gasteiger charge is -2.15. The van der Waals surface area contributed by atoms with Crippen LogP contribution in [0.3, 0.4) is 0 Å². The van der Waals surface area contributed by atoms with Gasteiger partial charge in [0.1, 0.15) is 5.69 Å². The van der Waals surface area contributed by atoms with Gasteiger partial charge in [0.25, 0.3) is 5.56 Å². The van der Waals surface area contributed by atoms with Crippen molar-refractivity contribution in [3.05, 3.63) is 63.8 Å². The Kier molecular flexibility index (Phi) is 5.51. The molecule has 0 aliphatic carbocycles. The standard InChI is InChI=1S/C20H26N6O2/c1-14-16(11-21-24(14)4)12-23(3)13-18(27)22-19-15(2)25(5)26(20(19)28)17-9-7-6-8-10-17/h6-11H,12-13H2,1-5H3,(H,22,27). The first-order valence-electron chi connectivity index (χ1n) is 9.09. The van der Waals surface area contributed by atoms with Gasteiger partial charge in [-0.25, -0.2) is 4.68 Å². The molecule has 0 fully saturated rings. The van der Waals surface area contributed by atoms with Crippen LogP contribution in [-0.2, 0) is 25.4 Å². The predicted molar refractivity (Wildman–Crippen MR) is 109 cm³/mol. The molecule has 1 aromatic carbocycles. The van der Waals surface area contributed by atoms with Crippen LogP contribution in [0.15, 0.2) is 41.3 Å². The van der Waals surface area contributed by atoms with Crippen molar-refractivity contribution in [2.75, 3.05) is 18.9 Å². The summed E-state index contributed by atoms with van der Waals surface area (Å²) in [4.78, 5) is 27.3.